The summed E-state index contributed by atoms with van der Waals surface area (Å²) in [7, 11) is 0. The van der Waals surface area contributed by atoms with E-state index in [-0.39, 0.29) is 0 Å². The molecule has 1 aliphatic heterocycles. The summed E-state index contributed by atoms with van der Waals surface area (Å²) >= 11 is 0. The van der Waals surface area contributed by atoms with Crippen LogP contribution in [0.2, 0.25) is 0 Å². The van der Waals surface area contributed by atoms with Crippen LogP contribution in [0.25, 0.3) is 11.1 Å². The third kappa shape index (κ3) is 7.55. The molecular weight excluding hydrogens is 446 g/mol. The molecule has 1 N–H and O–H groups in total. The van der Waals surface area contributed by atoms with Gasteiger partial charge >= 0.3 is 0 Å². The molecule has 0 aliphatic carbocycles. The fourth-order valence-corrected chi connectivity index (χ4v) is 4.89. The van der Waals surface area contributed by atoms with Gasteiger partial charge in [0.05, 0.1) is 13.2 Å². The van der Waals surface area contributed by atoms with Gasteiger partial charge < -0.3 is 19.7 Å². The molecule has 5 nitrogen and oxygen atoms in total. The molecule has 36 heavy (non-hydrogen) atoms. The summed E-state index contributed by atoms with van der Waals surface area (Å²) < 4.78 is 12.4. The van der Waals surface area contributed by atoms with Crippen molar-refractivity contribution in [2.24, 2.45) is 0 Å². The zero-order valence-corrected chi connectivity index (χ0v) is 22.0. The molecule has 1 aromatic heterocycles. The second-order valence-corrected chi connectivity index (χ2v) is 9.67. The fourth-order valence-electron chi connectivity index (χ4n) is 4.89. The highest BCUT2D eigenvalue weighted by Crippen LogP contribution is 2.35. The Kier molecular flexibility index (Phi) is 10.2. The summed E-state index contributed by atoms with van der Waals surface area (Å²) in [5, 5.41) is 3.51. The number of ether oxygens (including phenoxy) is 2. The van der Waals surface area contributed by atoms with Crippen molar-refractivity contribution in [1.29, 1.82) is 0 Å². The molecule has 1 saturated heterocycles. The molecule has 3 aromatic rings. The van der Waals surface area contributed by atoms with E-state index in [9.17, 15) is 0 Å². The lowest BCUT2D eigenvalue weighted by Gasteiger charge is -2.18. The first-order valence-corrected chi connectivity index (χ1v) is 13.5. The van der Waals surface area contributed by atoms with Crippen LogP contribution in [0.4, 0.5) is 0 Å². The predicted molar refractivity (Wildman–Crippen MR) is 148 cm³/mol. The molecule has 0 unspecified atom stereocenters. The lowest BCUT2D eigenvalue weighted by Crippen LogP contribution is -2.22. The fraction of sp³-hybridized carbons (Fsp3) is 0.452. The van der Waals surface area contributed by atoms with E-state index < -0.39 is 0 Å². The van der Waals surface area contributed by atoms with Gasteiger partial charge in [-0.3, -0.25) is 4.98 Å². The minimum Gasteiger partial charge on any atom is -0.493 e. The first-order chi connectivity index (χ1) is 17.7. The van der Waals surface area contributed by atoms with Gasteiger partial charge in [0.1, 0.15) is 11.5 Å². The number of hydrogen-bond acceptors (Lipinski definition) is 5. The number of pyridine rings is 1. The van der Waals surface area contributed by atoms with Crippen LogP contribution < -0.4 is 14.8 Å². The zero-order valence-electron chi connectivity index (χ0n) is 22.0. The number of aromatic nitrogens is 1. The van der Waals surface area contributed by atoms with Crippen LogP contribution in [-0.4, -0.2) is 55.8 Å². The van der Waals surface area contributed by atoms with Crippen molar-refractivity contribution in [3.05, 3.63) is 77.6 Å². The van der Waals surface area contributed by atoms with Crippen LogP contribution >= 0.6 is 0 Å². The molecule has 1 fully saturated rings. The zero-order chi connectivity index (χ0) is 25.0. The predicted octanol–water partition coefficient (Wildman–Crippen LogP) is 5.83. The molecule has 0 radical (unpaired) electrons. The molecule has 0 amide bonds. The van der Waals surface area contributed by atoms with E-state index in [1.807, 2.05) is 12.4 Å². The van der Waals surface area contributed by atoms with E-state index >= 15 is 0 Å². The molecule has 1 aliphatic rings. The SMILES string of the molecule is Cc1c(OCCCNCCc2ccncc2)cccc1-c1cccc(OCCCN2CCCC2)c1C. The quantitative estimate of drug-likeness (QED) is 0.290. The van der Waals surface area contributed by atoms with Crippen molar-refractivity contribution in [1.82, 2.24) is 15.2 Å². The molecule has 0 saturated carbocycles. The van der Waals surface area contributed by atoms with Gasteiger partial charge in [-0.2, -0.15) is 0 Å². The number of rotatable bonds is 14. The van der Waals surface area contributed by atoms with Crippen LogP contribution in [-0.2, 0) is 6.42 Å². The van der Waals surface area contributed by atoms with Crippen LogP contribution in [0.1, 0.15) is 42.4 Å². The van der Waals surface area contributed by atoms with Crippen molar-refractivity contribution in [3.63, 3.8) is 0 Å². The Morgan fingerprint density at radius 2 is 1.39 bits per heavy atom. The van der Waals surface area contributed by atoms with Gasteiger partial charge in [0.2, 0.25) is 0 Å². The Morgan fingerprint density at radius 1 is 0.778 bits per heavy atom. The van der Waals surface area contributed by atoms with Gasteiger partial charge in [0, 0.05) is 18.9 Å². The summed E-state index contributed by atoms with van der Waals surface area (Å²) in [6, 6.07) is 16.9. The highest BCUT2D eigenvalue weighted by atomic mass is 16.5. The lowest BCUT2D eigenvalue weighted by atomic mass is 9.95. The Hall–Kier alpha value is -2.89. The van der Waals surface area contributed by atoms with Crippen molar-refractivity contribution in [3.8, 4) is 22.6 Å². The van der Waals surface area contributed by atoms with Gasteiger partial charge in [0.15, 0.2) is 0 Å². The van der Waals surface area contributed by atoms with Gasteiger partial charge in [-0.25, -0.2) is 0 Å². The first-order valence-electron chi connectivity index (χ1n) is 13.5. The van der Waals surface area contributed by atoms with E-state index in [4.69, 9.17) is 9.47 Å². The molecule has 2 aromatic carbocycles. The summed E-state index contributed by atoms with van der Waals surface area (Å²) in [6.07, 6.45) is 9.44. The van der Waals surface area contributed by atoms with E-state index in [1.165, 1.54) is 53.7 Å². The van der Waals surface area contributed by atoms with Crippen molar-refractivity contribution < 1.29 is 9.47 Å². The number of nitrogens with one attached hydrogen (secondary N) is 1. The standard InChI is InChI=1S/C31H41N3O2/c1-25-28(29-10-6-12-31(26(29)2)36-24-8-22-34-20-3-4-21-34)9-5-11-30(25)35-23-7-16-32-17-13-27-14-18-33-19-15-27/h5-6,9-12,14-15,18-19,32H,3-4,7-8,13,16-17,20-24H2,1-2H3. The normalized spacial score (nSPS) is 13.7. The van der Waals surface area contributed by atoms with Crippen molar-refractivity contribution >= 4 is 0 Å². The van der Waals surface area contributed by atoms with Crippen molar-refractivity contribution in [2.75, 3.05) is 45.9 Å². The van der Waals surface area contributed by atoms with Crippen LogP contribution in [0.15, 0.2) is 60.9 Å². The number of likely N-dealkylation sites (tertiary alicyclic amines) is 1. The van der Waals surface area contributed by atoms with Crippen molar-refractivity contribution in [2.45, 2.75) is 46.0 Å². The third-order valence-electron chi connectivity index (χ3n) is 7.03. The Labute approximate surface area is 216 Å². The summed E-state index contributed by atoms with van der Waals surface area (Å²) in [6.45, 7) is 11.3. The van der Waals surface area contributed by atoms with Gasteiger partial charge in [-0.15, -0.1) is 0 Å². The third-order valence-corrected chi connectivity index (χ3v) is 7.03. The monoisotopic (exact) mass is 487 g/mol. The molecule has 0 bridgehead atoms. The van der Waals surface area contributed by atoms with Gasteiger partial charge in [-0.1, -0.05) is 24.3 Å². The van der Waals surface area contributed by atoms with E-state index in [2.05, 4.69) is 77.6 Å². The first kappa shape index (κ1) is 26.2. The molecule has 5 heteroatoms. The van der Waals surface area contributed by atoms with E-state index in [1.54, 1.807) is 0 Å². The number of hydrogen-bond donors (Lipinski definition) is 1. The number of benzene rings is 2. The highest BCUT2D eigenvalue weighted by Gasteiger charge is 2.13. The molecular formula is C31H41N3O2. The highest BCUT2D eigenvalue weighted by molar-refractivity contribution is 5.74. The Morgan fingerprint density at radius 3 is 2.03 bits per heavy atom. The topological polar surface area (TPSA) is 46.6 Å². The Bertz CT molecular complexity index is 1060. The Balaban J connectivity index is 1.25. The summed E-state index contributed by atoms with van der Waals surface area (Å²) in [5.74, 6) is 1.94. The van der Waals surface area contributed by atoms with Gasteiger partial charge in [0.25, 0.3) is 0 Å². The average molecular weight is 488 g/mol. The lowest BCUT2D eigenvalue weighted by molar-refractivity contribution is 0.262. The van der Waals surface area contributed by atoms with E-state index in [0.29, 0.717) is 6.61 Å². The van der Waals surface area contributed by atoms with Crippen LogP contribution in [0.5, 0.6) is 11.5 Å². The maximum atomic E-state index is 6.20. The molecule has 4 rings (SSSR count). The number of nitrogens with zero attached hydrogens (tertiary/aromatic N) is 2. The molecule has 0 spiro atoms. The summed E-state index contributed by atoms with van der Waals surface area (Å²) in [4.78, 5) is 6.61. The largest absolute Gasteiger partial charge is 0.493 e. The molecule has 192 valence electrons. The minimum atomic E-state index is 0.700. The smallest absolute Gasteiger partial charge is 0.122 e. The maximum absolute atomic E-state index is 6.20. The average Bonchev–Trinajstić information content (AvgIpc) is 3.42. The molecule has 2 heterocycles. The summed E-state index contributed by atoms with van der Waals surface area (Å²) in [5.41, 5.74) is 6.11. The van der Waals surface area contributed by atoms with Crippen LogP contribution in [0.3, 0.4) is 0 Å². The maximum Gasteiger partial charge on any atom is 0.122 e. The van der Waals surface area contributed by atoms with E-state index in [0.717, 1.165) is 57.0 Å². The second-order valence-electron chi connectivity index (χ2n) is 9.67. The van der Waals surface area contributed by atoms with Crippen LogP contribution in [0, 0.1) is 13.8 Å². The minimum absolute atomic E-state index is 0.700. The van der Waals surface area contributed by atoms with Gasteiger partial charge in [-0.05, 0) is 124 Å². The second kappa shape index (κ2) is 14.0. The molecule has 0 atom stereocenters.